The van der Waals surface area contributed by atoms with Crippen LogP contribution in [0.15, 0.2) is 4.99 Å². The zero-order valence-corrected chi connectivity index (χ0v) is 14.9. The number of piperidine rings is 1. The molecule has 2 saturated heterocycles. The van der Waals surface area contributed by atoms with E-state index in [1.165, 1.54) is 0 Å². The summed E-state index contributed by atoms with van der Waals surface area (Å²) in [7, 11) is 0. The predicted molar refractivity (Wildman–Crippen MR) is 87.6 cm³/mol. The molecule has 8 nitrogen and oxygen atoms in total. The first-order valence-corrected chi connectivity index (χ1v) is 9.03. The van der Waals surface area contributed by atoms with Crippen LogP contribution in [-0.4, -0.2) is 61.5 Å². The van der Waals surface area contributed by atoms with Gasteiger partial charge in [-0.2, -0.15) is 0 Å². The van der Waals surface area contributed by atoms with Crippen LogP contribution in [-0.2, 0) is 28.6 Å². The van der Waals surface area contributed by atoms with Gasteiger partial charge in [0.25, 0.3) is 5.72 Å². The number of fused-ring (bicyclic) bond motifs is 2. The van der Waals surface area contributed by atoms with Crippen LogP contribution in [0.25, 0.3) is 0 Å². The Labute approximate surface area is 147 Å². The van der Waals surface area contributed by atoms with Crippen LogP contribution in [0.4, 0.5) is 0 Å². The molecule has 140 valence electrons. The minimum Gasteiger partial charge on any atom is -0.466 e. The Bertz CT molecular complexity index is 552. The van der Waals surface area contributed by atoms with Gasteiger partial charge in [-0.1, -0.05) is 0 Å². The number of hydrogen-bond donors (Lipinski definition) is 0. The molecular weight excluding hydrogens is 328 g/mol. The van der Waals surface area contributed by atoms with Crippen molar-refractivity contribution in [2.24, 2.45) is 10.4 Å². The molecule has 3 aliphatic rings. The van der Waals surface area contributed by atoms with Gasteiger partial charge in [0, 0.05) is 25.2 Å². The summed E-state index contributed by atoms with van der Waals surface area (Å²) in [6.45, 7) is 5.83. The molecule has 3 heterocycles. The van der Waals surface area contributed by atoms with Gasteiger partial charge in [0.15, 0.2) is 0 Å². The molecule has 1 spiro atoms. The second-order valence-corrected chi connectivity index (χ2v) is 6.61. The van der Waals surface area contributed by atoms with E-state index in [0.717, 1.165) is 31.5 Å². The monoisotopic (exact) mass is 354 g/mol. The number of rotatable bonds is 5. The summed E-state index contributed by atoms with van der Waals surface area (Å²) >= 11 is 0. The van der Waals surface area contributed by atoms with Crippen molar-refractivity contribution in [1.29, 1.82) is 0 Å². The number of esters is 2. The molecule has 3 rings (SSSR count). The quantitative estimate of drug-likeness (QED) is 0.690. The van der Waals surface area contributed by atoms with Crippen LogP contribution in [0, 0.1) is 5.41 Å². The molecule has 0 radical (unpaired) electrons. The van der Waals surface area contributed by atoms with E-state index in [1.807, 2.05) is 0 Å². The Morgan fingerprint density at radius 3 is 2.56 bits per heavy atom. The lowest BCUT2D eigenvalue weighted by Gasteiger charge is -2.43. The molecule has 8 heteroatoms. The number of ether oxygens (including phenoxy) is 3. The minimum atomic E-state index is -1.67. The Morgan fingerprint density at radius 2 is 1.88 bits per heavy atom. The topological polar surface area (TPSA) is 86.7 Å². The van der Waals surface area contributed by atoms with Gasteiger partial charge >= 0.3 is 11.9 Å². The highest BCUT2D eigenvalue weighted by Crippen LogP contribution is 2.46. The summed E-state index contributed by atoms with van der Waals surface area (Å²) < 4.78 is 15.7. The van der Waals surface area contributed by atoms with Crippen molar-refractivity contribution in [1.82, 2.24) is 5.06 Å². The molecule has 0 N–H and O–H groups in total. The maximum Gasteiger partial charge on any atom is 0.364 e. The fourth-order valence-electron chi connectivity index (χ4n) is 3.79. The molecule has 3 aliphatic heterocycles. The van der Waals surface area contributed by atoms with Crippen LogP contribution in [0.5, 0.6) is 0 Å². The first-order valence-electron chi connectivity index (χ1n) is 9.03. The van der Waals surface area contributed by atoms with E-state index >= 15 is 0 Å². The predicted octanol–water partition coefficient (Wildman–Crippen LogP) is 1.44. The maximum absolute atomic E-state index is 12.6. The van der Waals surface area contributed by atoms with Gasteiger partial charge in [-0.3, -0.25) is 4.79 Å². The summed E-state index contributed by atoms with van der Waals surface area (Å²) in [5.41, 5.74) is -1.83. The van der Waals surface area contributed by atoms with Gasteiger partial charge < -0.3 is 14.2 Å². The Balaban J connectivity index is 1.93. The SMILES string of the molecule is CCOC(=O)CC1(C(=O)OCC)N=C2N(CCCC23CCOCC3)O1. The highest BCUT2D eigenvalue weighted by Gasteiger charge is 2.56. The third-order valence-electron chi connectivity index (χ3n) is 5.01. The van der Waals surface area contributed by atoms with Crippen LogP contribution in [0.1, 0.15) is 46.0 Å². The second-order valence-electron chi connectivity index (χ2n) is 6.61. The van der Waals surface area contributed by atoms with E-state index in [0.29, 0.717) is 19.8 Å². The average molecular weight is 354 g/mol. The summed E-state index contributed by atoms with van der Waals surface area (Å²) in [4.78, 5) is 35.3. The van der Waals surface area contributed by atoms with Crippen LogP contribution in [0.2, 0.25) is 0 Å². The van der Waals surface area contributed by atoms with E-state index in [2.05, 4.69) is 4.99 Å². The second kappa shape index (κ2) is 7.29. The summed E-state index contributed by atoms with van der Waals surface area (Å²) in [5, 5.41) is 1.69. The van der Waals surface area contributed by atoms with E-state index in [-0.39, 0.29) is 25.0 Å². The molecule has 2 fully saturated rings. The largest absolute Gasteiger partial charge is 0.466 e. The lowest BCUT2D eigenvalue weighted by molar-refractivity contribution is -0.217. The van der Waals surface area contributed by atoms with Gasteiger partial charge in [-0.05, 0) is 39.5 Å². The van der Waals surface area contributed by atoms with Gasteiger partial charge in [-0.15, -0.1) is 0 Å². The van der Waals surface area contributed by atoms with Crippen LogP contribution in [0.3, 0.4) is 0 Å². The Kier molecular flexibility index (Phi) is 5.29. The van der Waals surface area contributed by atoms with Crippen molar-refractivity contribution < 1.29 is 28.6 Å². The number of hydroxylamine groups is 2. The molecule has 0 aliphatic carbocycles. The van der Waals surface area contributed by atoms with Gasteiger partial charge in [0.05, 0.1) is 13.2 Å². The van der Waals surface area contributed by atoms with E-state index < -0.39 is 17.7 Å². The van der Waals surface area contributed by atoms with Gasteiger partial charge in [0.1, 0.15) is 12.3 Å². The molecule has 1 unspecified atom stereocenters. The zero-order valence-electron chi connectivity index (χ0n) is 14.9. The van der Waals surface area contributed by atoms with Crippen molar-refractivity contribution >= 4 is 17.8 Å². The summed E-state index contributed by atoms with van der Waals surface area (Å²) in [6, 6.07) is 0. The fourth-order valence-corrected chi connectivity index (χ4v) is 3.79. The zero-order chi connectivity index (χ0) is 17.9. The number of hydrogen-bond acceptors (Lipinski definition) is 8. The Hall–Kier alpha value is -1.67. The van der Waals surface area contributed by atoms with Crippen molar-refractivity contribution in [3.63, 3.8) is 0 Å². The van der Waals surface area contributed by atoms with Gasteiger partial charge in [0.2, 0.25) is 0 Å². The summed E-state index contributed by atoms with van der Waals surface area (Å²) in [6.07, 6.45) is 3.31. The van der Waals surface area contributed by atoms with Crippen molar-refractivity contribution in [2.45, 2.75) is 51.7 Å². The van der Waals surface area contributed by atoms with Crippen molar-refractivity contribution in [3.05, 3.63) is 0 Å². The van der Waals surface area contributed by atoms with Crippen molar-refractivity contribution in [2.75, 3.05) is 33.0 Å². The molecule has 0 bridgehead atoms. The highest BCUT2D eigenvalue weighted by atomic mass is 16.7. The maximum atomic E-state index is 12.6. The van der Waals surface area contributed by atoms with Crippen LogP contribution >= 0.6 is 0 Å². The highest BCUT2D eigenvalue weighted by molar-refractivity contribution is 5.95. The number of aliphatic imine (C=N–C) groups is 1. The molecule has 0 saturated carbocycles. The Morgan fingerprint density at radius 1 is 1.16 bits per heavy atom. The van der Waals surface area contributed by atoms with Gasteiger partial charge in [-0.25, -0.2) is 19.7 Å². The first-order chi connectivity index (χ1) is 12.1. The first kappa shape index (κ1) is 18.1. The normalized spacial score (nSPS) is 27.6. The minimum absolute atomic E-state index is 0.153. The molecule has 0 aromatic rings. The number of carbonyl (C=O) groups excluding carboxylic acids is 2. The lowest BCUT2D eigenvalue weighted by Crippen LogP contribution is -2.49. The standard InChI is InChI=1S/C17H26N2O6/c1-3-23-13(20)12-17(15(21)24-4-2)18-14-16(7-10-22-11-8-16)6-5-9-19(14)25-17/h3-12H2,1-2H3. The number of nitrogens with zero attached hydrogens (tertiary/aromatic N) is 2. The van der Waals surface area contributed by atoms with E-state index in [4.69, 9.17) is 19.0 Å². The molecule has 25 heavy (non-hydrogen) atoms. The fraction of sp³-hybridized carbons (Fsp3) is 0.824. The molecule has 0 aromatic heterocycles. The third-order valence-corrected chi connectivity index (χ3v) is 5.01. The molecule has 0 amide bonds. The van der Waals surface area contributed by atoms with Crippen LogP contribution < -0.4 is 0 Å². The third kappa shape index (κ3) is 3.37. The molecule has 0 aromatic carbocycles. The average Bonchev–Trinajstić information content (AvgIpc) is 2.97. The number of amidine groups is 1. The number of carbonyl (C=O) groups is 2. The van der Waals surface area contributed by atoms with E-state index in [9.17, 15) is 9.59 Å². The molecule has 1 atom stereocenters. The van der Waals surface area contributed by atoms with E-state index in [1.54, 1.807) is 18.9 Å². The lowest BCUT2D eigenvalue weighted by atomic mass is 9.73. The summed E-state index contributed by atoms with van der Waals surface area (Å²) in [5.74, 6) is -0.424. The molecular formula is C17H26N2O6. The smallest absolute Gasteiger partial charge is 0.364 e. The van der Waals surface area contributed by atoms with Crippen molar-refractivity contribution in [3.8, 4) is 0 Å².